The third-order valence-electron chi connectivity index (χ3n) is 3.37. The number of anilines is 1. The Hall–Kier alpha value is -2.59. The van der Waals surface area contributed by atoms with E-state index < -0.39 is 34.3 Å². The fraction of sp³-hybridized carbons (Fsp3) is 0.278. The van der Waals surface area contributed by atoms with Crippen LogP contribution in [-0.2, 0) is 21.0 Å². The molecule has 0 atom stereocenters. The van der Waals surface area contributed by atoms with E-state index in [1.54, 1.807) is 13.8 Å². The highest BCUT2D eigenvalue weighted by molar-refractivity contribution is 7.89. The summed E-state index contributed by atoms with van der Waals surface area (Å²) >= 11 is 0. The van der Waals surface area contributed by atoms with E-state index in [4.69, 9.17) is 4.74 Å². The number of benzene rings is 2. The maximum Gasteiger partial charge on any atom is 0.416 e. The second-order valence-electron chi connectivity index (χ2n) is 6.16. The number of alkyl halides is 3. The van der Waals surface area contributed by atoms with Crippen LogP contribution in [0.3, 0.4) is 0 Å². The molecule has 0 bridgehead atoms. The third kappa shape index (κ3) is 6.24. The Morgan fingerprint density at radius 1 is 1.11 bits per heavy atom. The van der Waals surface area contributed by atoms with Gasteiger partial charge in [0.1, 0.15) is 5.75 Å². The van der Waals surface area contributed by atoms with Crippen LogP contribution in [0.25, 0.3) is 0 Å². The molecule has 0 aliphatic heterocycles. The minimum atomic E-state index is -4.51. The Morgan fingerprint density at radius 2 is 1.75 bits per heavy atom. The van der Waals surface area contributed by atoms with Crippen LogP contribution in [0, 0.1) is 0 Å². The first kappa shape index (κ1) is 21.7. The van der Waals surface area contributed by atoms with E-state index in [9.17, 15) is 26.4 Å². The van der Waals surface area contributed by atoms with Crippen molar-refractivity contribution in [3.05, 3.63) is 54.1 Å². The zero-order chi connectivity index (χ0) is 20.9. The van der Waals surface area contributed by atoms with Gasteiger partial charge in [-0.2, -0.15) is 13.2 Å². The Kier molecular flexibility index (Phi) is 6.68. The van der Waals surface area contributed by atoms with Crippen molar-refractivity contribution in [2.24, 2.45) is 0 Å². The Morgan fingerprint density at radius 3 is 2.32 bits per heavy atom. The number of sulfonamides is 1. The fourth-order valence-corrected chi connectivity index (χ4v) is 3.46. The van der Waals surface area contributed by atoms with E-state index in [2.05, 4.69) is 10.0 Å². The first-order valence-corrected chi connectivity index (χ1v) is 9.68. The first-order valence-electron chi connectivity index (χ1n) is 8.20. The Labute approximate surface area is 160 Å². The maximum atomic E-state index is 12.7. The smallest absolute Gasteiger partial charge is 0.416 e. The molecule has 10 heteroatoms. The highest BCUT2D eigenvalue weighted by Crippen LogP contribution is 2.30. The quantitative estimate of drug-likeness (QED) is 0.725. The van der Waals surface area contributed by atoms with Crippen LogP contribution in [0.4, 0.5) is 18.9 Å². The molecule has 0 radical (unpaired) electrons. The van der Waals surface area contributed by atoms with E-state index >= 15 is 0 Å². The van der Waals surface area contributed by atoms with Gasteiger partial charge < -0.3 is 10.1 Å². The number of hydrogen-bond acceptors (Lipinski definition) is 4. The molecule has 1 amide bonds. The van der Waals surface area contributed by atoms with Crippen molar-refractivity contribution in [2.45, 2.75) is 31.0 Å². The number of carbonyl (C=O) groups is 1. The monoisotopic (exact) mass is 416 g/mol. The van der Waals surface area contributed by atoms with Crippen LogP contribution in [-0.4, -0.2) is 27.0 Å². The molecule has 2 aromatic rings. The highest BCUT2D eigenvalue weighted by Gasteiger charge is 2.30. The van der Waals surface area contributed by atoms with Gasteiger partial charge in [-0.1, -0.05) is 6.07 Å². The second kappa shape index (κ2) is 8.61. The summed E-state index contributed by atoms with van der Waals surface area (Å²) in [7, 11) is -3.64. The summed E-state index contributed by atoms with van der Waals surface area (Å²) in [5.41, 5.74) is -0.886. The molecule has 2 rings (SSSR count). The van der Waals surface area contributed by atoms with Gasteiger partial charge in [0.25, 0.3) is 5.91 Å². The normalized spacial score (nSPS) is 12.1. The summed E-state index contributed by atoms with van der Waals surface area (Å²) in [6.45, 7) is 2.93. The van der Waals surface area contributed by atoms with Crippen molar-refractivity contribution in [3.63, 3.8) is 0 Å². The molecular weight excluding hydrogens is 397 g/mol. The SMILES string of the molecule is CC(C)NS(=O)(=O)c1ccc(OCC(=O)Nc2cccc(C(F)(F)F)c2)cc1. The van der Waals surface area contributed by atoms with Crippen LogP contribution in [0.5, 0.6) is 5.75 Å². The number of amides is 1. The summed E-state index contributed by atoms with van der Waals surface area (Å²) < 4.78 is 69.8. The molecule has 0 fully saturated rings. The van der Waals surface area contributed by atoms with Gasteiger partial charge >= 0.3 is 6.18 Å². The molecule has 0 spiro atoms. The summed E-state index contributed by atoms with van der Waals surface area (Å²) in [4.78, 5) is 11.9. The van der Waals surface area contributed by atoms with Crippen LogP contribution in [0.1, 0.15) is 19.4 Å². The predicted molar refractivity (Wildman–Crippen MR) is 97.5 cm³/mol. The molecule has 6 nitrogen and oxygen atoms in total. The van der Waals surface area contributed by atoms with Crippen LogP contribution >= 0.6 is 0 Å². The first-order chi connectivity index (χ1) is 13.0. The predicted octanol–water partition coefficient (Wildman–Crippen LogP) is 3.41. The van der Waals surface area contributed by atoms with Crippen molar-refractivity contribution < 1.29 is 31.1 Å². The third-order valence-corrected chi connectivity index (χ3v) is 5.04. The molecule has 0 saturated carbocycles. The molecule has 0 aliphatic rings. The molecule has 0 unspecified atom stereocenters. The topological polar surface area (TPSA) is 84.5 Å². The lowest BCUT2D eigenvalue weighted by molar-refractivity contribution is -0.137. The van der Waals surface area contributed by atoms with Crippen molar-refractivity contribution in [1.29, 1.82) is 0 Å². The number of rotatable bonds is 7. The fourth-order valence-electron chi connectivity index (χ4n) is 2.21. The van der Waals surface area contributed by atoms with Gasteiger partial charge in [0, 0.05) is 11.7 Å². The average Bonchev–Trinajstić information content (AvgIpc) is 2.59. The lowest BCUT2D eigenvalue weighted by Gasteiger charge is -2.11. The molecule has 152 valence electrons. The minimum absolute atomic E-state index is 0.00961. The minimum Gasteiger partial charge on any atom is -0.484 e. The second-order valence-corrected chi connectivity index (χ2v) is 7.88. The van der Waals surface area contributed by atoms with Crippen molar-refractivity contribution in [1.82, 2.24) is 4.72 Å². The number of hydrogen-bond donors (Lipinski definition) is 2. The molecule has 0 heterocycles. The highest BCUT2D eigenvalue weighted by atomic mass is 32.2. The van der Waals surface area contributed by atoms with Crippen molar-refractivity contribution in [3.8, 4) is 5.75 Å². The molecular formula is C18H19F3N2O4S. The van der Waals surface area contributed by atoms with Crippen molar-refractivity contribution >= 4 is 21.6 Å². The van der Waals surface area contributed by atoms with Crippen molar-refractivity contribution in [2.75, 3.05) is 11.9 Å². The van der Waals surface area contributed by atoms with E-state index in [0.29, 0.717) is 0 Å². The van der Waals surface area contributed by atoms with Crippen LogP contribution < -0.4 is 14.8 Å². The van der Waals surface area contributed by atoms with Gasteiger partial charge in [-0.25, -0.2) is 13.1 Å². The van der Waals surface area contributed by atoms with E-state index in [-0.39, 0.29) is 22.4 Å². The van der Waals surface area contributed by atoms with E-state index in [0.717, 1.165) is 12.1 Å². The van der Waals surface area contributed by atoms with Crippen LogP contribution in [0.2, 0.25) is 0 Å². The van der Waals surface area contributed by atoms with Gasteiger partial charge in [-0.15, -0.1) is 0 Å². The Balaban J connectivity index is 1.95. The average molecular weight is 416 g/mol. The summed E-state index contributed by atoms with van der Waals surface area (Å²) in [6, 6.07) is 9.38. The molecule has 0 aliphatic carbocycles. The summed E-state index contributed by atoms with van der Waals surface area (Å²) in [5, 5.41) is 2.31. The standard InChI is InChI=1S/C18H19F3N2O4S/c1-12(2)23-28(25,26)16-8-6-15(7-9-16)27-11-17(24)22-14-5-3-4-13(10-14)18(19,20)21/h3-10,12,23H,11H2,1-2H3,(H,22,24). The van der Waals surface area contributed by atoms with Gasteiger partial charge in [0.2, 0.25) is 10.0 Å². The molecule has 0 saturated heterocycles. The summed E-state index contributed by atoms with van der Waals surface area (Å²) in [5.74, 6) is -0.416. The van der Waals surface area contributed by atoms with E-state index in [1.807, 2.05) is 0 Å². The molecule has 28 heavy (non-hydrogen) atoms. The van der Waals surface area contributed by atoms with Gasteiger partial charge in [0.15, 0.2) is 6.61 Å². The number of nitrogens with one attached hydrogen (secondary N) is 2. The maximum absolute atomic E-state index is 12.7. The molecule has 2 N–H and O–H groups in total. The zero-order valence-corrected chi connectivity index (χ0v) is 15.9. The van der Waals surface area contributed by atoms with E-state index in [1.165, 1.54) is 36.4 Å². The van der Waals surface area contributed by atoms with Gasteiger partial charge in [0.05, 0.1) is 10.5 Å². The van der Waals surface area contributed by atoms with Gasteiger partial charge in [-0.05, 0) is 56.3 Å². The zero-order valence-electron chi connectivity index (χ0n) is 15.1. The van der Waals surface area contributed by atoms with Gasteiger partial charge in [-0.3, -0.25) is 4.79 Å². The molecule has 2 aromatic carbocycles. The van der Waals surface area contributed by atoms with Crippen LogP contribution in [0.15, 0.2) is 53.4 Å². The molecule has 0 aromatic heterocycles. The largest absolute Gasteiger partial charge is 0.484 e. The lowest BCUT2D eigenvalue weighted by Crippen LogP contribution is -2.30. The Bertz CT molecular complexity index is 927. The summed E-state index contributed by atoms with van der Waals surface area (Å²) in [6.07, 6.45) is -4.51. The number of halogens is 3. The number of ether oxygens (including phenoxy) is 1. The number of carbonyl (C=O) groups excluding carboxylic acids is 1. The lowest BCUT2D eigenvalue weighted by atomic mass is 10.2.